The number of nitrogens with two attached hydrogens (primary N) is 1. The molecule has 3 rings (SSSR count). The van der Waals surface area contributed by atoms with E-state index >= 15 is 0 Å². The molecule has 0 radical (unpaired) electrons. The molecule has 0 atom stereocenters. The summed E-state index contributed by atoms with van der Waals surface area (Å²) < 4.78 is 16.1. The summed E-state index contributed by atoms with van der Waals surface area (Å²) >= 11 is 0. The Morgan fingerprint density at radius 1 is 0.875 bits per heavy atom. The van der Waals surface area contributed by atoms with Crippen LogP contribution >= 0.6 is 0 Å². The minimum absolute atomic E-state index is 0.551. The normalized spacial score (nSPS) is 10.5. The highest BCUT2D eigenvalue weighted by Gasteiger charge is 2.15. The summed E-state index contributed by atoms with van der Waals surface area (Å²) in [6.07, 6.45) is 0. The number of hydrogen-bond acceptors (Lipinski definition) is 5. The van der Waals surface area contributed by atoms with Crippen molar-refractivity contribution in [1.29, 1.82) is 0 Å². The molecule has 0 saturated carbocycles. The van der Waals surface area contributed by atoms with E-state index < -0.39 is 0 Å². The minimum atomic E-state index is 0.551. The average Bonchev–Trinajstić information content (AvgIpc) is 3.10. The highest BCUT2D eigenvalue weighted by atomic mass is 16.5. The molecule has 0 fully saturated rings. The molecule has 6 heteroatoms. The molecule has 0 unspecified atom stereocenters. The zero-order valence-electron chi connectivity index (χ0n) is 13.8. The van der Waals surface area contributed by atoms with E-state index in [2.05, 4.69) is 10.2 Å². The van der Waals surface area contributed by atoms with E-state index in [0.29, 0.717) is 22.9 Å². The van der Waals surface area contributed by atoms with E-state index in [0.717, 1.165) is 22.5 Å². The summed E-state index contributed by atoms with van der Waals surface area (Å²) in [6.45, 7) is 0. The zero-order chi connectivity index (χ0) is 17.1. The van der Waals surface area contributed by atoms with Gasteiger partial charge < -0.3 is 19.9 Å². The topological polar surface area (TPSA) is 82.4 Å². The average molecular weight is 325 g/mol. The van der Waals surface area contributed by atoms with Gasteiger partial charge in [0.1, 0.15) is 0 Å². The molecule has 0 aliphatic rings. The third-order valence-electron chi connectivity index (χ3n) is 3.74. The molecule has 1 aromatic heterocycles. The first-order valence-corrected chi connectivity index (χ1v) is 7.38. The highest BCUT2D eigenvalue weighted by molar-refractivity contribution is 5.73. The van der Waals surface area contributed by atoms with Gasteiger partial charge in [0.15, 0.2) is 11.5 Å². The van der Waals surface area contributed by atoms with Crippen LogP contribution in [0.15, 0.2) is 42.5 Å². The molecule has 0 saturated heterocycles. The van der Waals surface area contributed by atoms with Gasteiger partial charge in [-0.25, -0.2) is 0 Å². The molecule has 24 heavy (non-hydrogen) atoms. The number of anilines is 1. The Morgan fingerprint density at radius 2 is 1.58 bits per heavy atom. The standard InChI is InChI=1S/C18H19N3O3/c1-22-16-8-12(9-17(23-2)18(16)24-3)15-10-14(20-21-15)11-5-4-6-13(19)7-11/h4-10H,19H2,1-3H3,(H,20,21). The van der Waals surface area contributed by atoms with Crippen molar-refractivity contribution < 1.29 is 14.2 Å². The van der Waals surface area contributed by atoms with Crippen molar-refractivity contribution in [3.8, 4) is 39.8 Å². The predicted molar refractivity (Wildman–Crippen MR) is 93.5 cm³/mol. The fraction of sp³-hybridized carbons (Fsp3) is 0.167. The summed E-state index contributed by atoms with van der Waals surface area (Å²) in [5, 5.41) is 7.41. The summed E-state index contributed by atoms with van der Waals surface area (Å²) in [4.78, 5) is 0. The molecular formula is C18H19N3O3. The molecule has 6 nitrogen and oxygen atoms in total. The maximum absolute atomic E-state index is 5.84. The van der Waals surface area contributed by atoms with Gasteiger partial charge in [-0.2, -0.15) is 5.10 Å². The van der Waals surface area contributed by atoms with Crippen molar-refractivity contribution in [2.75, 3.05) is 27.1 Å². The number of ether oxygens (including phenoxy) is 3. The number of aromatic nitrogens is 2. The lowest BCUT2D eigenvalue weighted by Crippen LogP contribution is -1.95. The first-order chi connectivity index (χ1) is 11.7. The number of H-pyrrole nitrogens is 1. The first kappa shape index (κ1) is 15.7. The van der Waals surface area contributed by atoms with Crippen molar-refractivity contribution in [3.05, 3.63) is 42.5 Å². The lowest BCUT2D eigenvalue weighted by atomic mass is 10.1. The minimum Gasteiger partial charge on any atom is -0.493 e. The molecular weight excluding hydrogens is 306 g/mol. The number of rotatable bonds is 5. The summed E-state index contributed by atoms with van der Waals surface area (Å²) in [6, 6.07) is 13.3. The molecule has 1 heterocycles. The van der Waals surface area contributed by atoms with Gasteiger partial charge in [0, 0.05) is 16.8 Å². The van der Waals surface area contributed by atoms with Crippen LogP contribution in [0.4, 0.5) is 5.69 Å². The zero-order valence-corrected chi connectivity index (χ0v) is 13.8. The van der Waals surface area contributed by atoms with E-state index in [9.17, 15) is 0 Å². The Hall–Kier alpha value is -3.15. The van der Waals surface area contributed by atoms with Gasteiger partial charge in [0.25, 0.3) is 0 Å². The first-order valence-electron chi connectivity index (χ1n) is 7.38. The number of nitrogens with zero attached hydrogens (tertiary/aromatic N) is 1. The van der Waals surface area contributed by atoms with Crippen LogP contribution in [0.1, 0.15) is 0 Å². The SMILES string of the molecule is COc1cc(-c2cc(-c3cccc(N)c3)[nH]n2)cc(OC)c1OC. The van der Waals surface area contributed by atoms with E-state index in [1.165, 1.54) is 0 Å². The molecule has 0 aliphatic heterocycles. The molecule has 124 valence electrons. The van der Waals surface area contributed by atoms with E-state index in [1.807, 2.05) is 42.5 Å². The number of hydrogen-bond donors (Lipinski definition) is 2. The predicted octanol–water partition coefficient (Wildman–Crippen LogP) is 3.35. The Kier molecular flexibility index (Phi) is 4.29. The fourth-order valence-electron chi connectivity index (χ4n) is 2.55. The summed E-state index contributed by atoms with van der Waals surface area (Å²) in [5.74, 6) is 1.72. The molecule has 2 aromatic carbocycles. The number of benzene rings is 2. The van der Waals surface area contributed by atoms with Crippen molar-refractivity contribution in [3.63, 3.8) is 0 Å². The lowest BCUT2D eigenvalue weighted by molar-refractivity contribution is 0.324. The Morgan fingerprint density at radius 3 is 2.17 bits per heavy atom. The largest absolute Gasteiger partial charge is 0.493 e. The maximum atomic E-state index is 5.84. The Bertz CT molecular complexity index is 833. The van der Waals surface area contributed by atoms with Crippen molar-refractivity contribution in [2.24, 2.45) is 0 Å². The quantitative estimate of drug-likeness (QED) is 0.703. The van der Waals surface area contributed by atoms with Crippen molar-refractivity contribution in [2.45, 2.75) is 0 Å². The third kappa shape index (κ3) is 2.86. The smallest absolute Gasteiger partial charge is 0.203 e. The van der Waals surface area contributed by atoms with Crippen LogP contribution in [0, 0.1) is 0 Å². The van der Waals surface area contributed by atoms with Gasteiger partial charge in [0.05, 0.1) is 32.7 Å². The molecule has 3 N–H and O–H groups in total. The Balaban J connectivity index is 2.04. The second-order valence-corrected chi connectivity index (χ2v) is 5.21. The van der Waals surface area contributed by atoms with Gasteiger partial charge >= 0.3 is 0 Å². The Labute approximate surface area is 140 Å². The maximum Gasteiger partial charge on any atom is 0.203 e. The third-order valence-corrected chi connectivity index (χ3v) is 3.74. The molecule has 0 aliphatic carbocycles. The van der Waals surface area contributed by atoms with Gasteiger partial charge in [-0.05, 0) is 30.3 Å². The summed E-state index contributed by atoms with van der Waals surface area (Å²) in [7, 11) is 4.75. The van der Waals surface area contributed by atoms with E-state index in [4.69, 9.17) is 19.9 Å². The van der Waals surface area contributed by atoms with E-state index in [-0.39, 0.29) is 0 Å². The lowest BCUT2D eigenvalue weighted by Gasteiger charge is -2.13. The number of nitrogen functional groups attached to an aromatic ring is 1. The van der Waals surface area contributed by atoms with Crippen molar-refractivity contribution in [1.82, 2.24) is 10.2 Å². The molecule has 0 spiro atoms. The van der Waals surface area contributed by atoms with Crippen LogP contribution < -0.4 is 19.9 Å². The summed E-state index contributed by atoms with van der Waals surface area (Å²) in [5.41, 5.74) is 10.0. The van der Waals surface area contributed by atoms with Crippen LogP contribution in [-0.4, -0.2) is 31.5 Å². The number of methoxy groups -OCH3 is 3. The van der Waals surface area contributed by atoms with Gasteiger partial charge in [-0.1, -0.05) is 12.1 Å². The second-order valence-electron chi connectivity index (χ2n) is 5.21. The monoisotopic (exact) mass is 325 g/mol. The van der Waals surface area contributed by atoms with Gasteiger partial charge in [-0.3, -0.25) is 5.10 Å². The van der Waals surface area contributed by atoms with Crippen LogP contribution in [0.3, 0.4) is 0 Å². The second kappa shape index (κ2) is 6.54. The van der Waals surface area contributed by atoms with Crippen LogP contribution in [0.5, 0.6) is 17.2 Å². The fourth-order valence-corrected chi connectivity index (χ4v) is 2.55. The molecule has 0 amide bonds. The number of nitrogens with one attached hydrogen (secondary N) is 1. The number of aromatic amines is 1. The van der Waals surface area contributed by atoms with Crippen LogP contribution in [0.25, 0.3) is 22.5 Å². The van der Waals surface area contributed by atoms with E-state index in [1.54, 1.807) is 21.3 Å². The van der Waals surface area contributed by atoms with Crippen molar-refractivity contribution >= 4 is 5.69 Å². The van der Waals surface area contributed by atoms with Gasteiger partial charge in [-0.15, -0.1) is 0 Å². The van der Waals surface area contributed by atoms with Gasteiger partial charge in [0.2, 0.25) is 5.75 Å². The molecule has 3 aromatic rings. The highest BCUT2D eigenvalue weighted by Crippen LogP contribution is 2.41. The molecule has 0 bridgehead atoms. The van der Waals surface area contributed by atoms with Crippen LogP contribution in [-0.2, 0) is 0 Å². The van der Waals surface area contributed by atoms with Crippen LogP contribution in [0.2, 0.25) is 0 Å².